The molecular formula is C27H30N4O3. The molecule has 4 rings (SSSR count). The van der Waals surface area contributed by atoms with Crippen molar-refractivity contribution in [2.24, 2.45) is 0 Å². The van der Waals surface area contributed by atoms with Crippen LogP contribution in [-0.4, -0.2) is 43.4 Å². The van der Waals surface area contributed by atoms with E-state index in [1.807, 2.05) is 43.3 Å². The number of fused-ring (bicyclic) bond motifs is 2. The Balaban J connectivity index is 1.83. The number of amides is 3. The normalized spacial score (nSPS) is 16.7. The van der Waals surface area contributed by atoms with Crippen LogP contribution < -0.4 is 20.4 Å². The van der Waals surface area contributed by atoms with Gasteiger partial charge in [0.1, 0.15) is 6.04 Å². The Labute approximate surface area is 199 Å². The lowest BCUT2D eigenvalue weighted by atomic mass is 9.99. The highest BCUT2D eigenvalue weighted by Gasteiger charge is 2.36. The van der Waals surface area contributed by atoms with Crippen LogP contribution >= 0.6 is 0 Å². The fourth-order valence-corrected chi connectivity index (χ4v) is 4.40. The lowest BCUT2D eigenvalue weighted by Crippen LogP contribution is -2.55. The molecule has 0 aliphatic carbocycles. The van der Waals surface area contributed by atoms with Gasteiger partial charge in [-0.1, -0.05) is 48.5 Å². The highest BCUT2D eigenvalue weighted by molar-refractivity contribution is 6.08. The number of carbonyl (C=O) groups is 3. The fourth-order valence-electron chi connectivity index (χ4n) is 4.40. The predicted molar refractivity (Wildman–Crippen MR) is 135 cm³/mol. The molecule has 0 spiro atoms. The number of hydrogen-bond acceptors (Lipinski definition) is 4. The maximum atomic E-state index is 13.9. The Morgan fingerprint density at radius 1 is 1.03 bits per heavy atom. The van der Waals surface area contributed by atoms with E-state index in [0.717, 1.165) is 21.9 Å². The molecule has 1 aliphatic rings. The van der Waals surface area contributed by atoms with E-state index in [2.05, 4.69) is 34.9 Å². The van der Waals surface area contributed by atoms with E-state index in [0.29, 0.717) is 17.9 Å². The molecule has 2 atom stereocenters. The summed E-state index contributed by atoms with van der Waals surface area (Å²) in [5.74, 6) is -0.735. The van der Waals surface area contributed by atoms with Gasteiger partial charge in [0.15, 0.2) is 0 Å². The maximum absolute atomic E-state index is 13.9. The van der Waals surface area contributed by atoms with Crippen molar-refractivity contribution >= 4 is 39.9 Å². The largest absolute Gasteiger partial charge is 0.341 e. The van der Waals surface area contributed by atoms with Crippen molar-refractivity contribution < 1.29 is 14.4 Å². The van der Waals surface area contributed by atoms with Gasteiger partial charge in [0.05, 0.1) is 30.5 Å². The molecule has 1 aliphatic heterocycles. The zero-order valence-corrected chi connectivity index (χ0v) is 20.0. The molecule has 0 saturated heterocycles. The number of carbonyl (C=O) groups excluding carboxylic acids is 3. The highest BCUT2D eigenvalue weighted by Crippen LogP contribution is 2.35. The van der Waals surface area contributed by atoms with E-state index >= 15 is 0 Å². The van der Waals surface area contributed by atoms with E-state index in [9.17, 15) is 14.4 Å². The third-order valence-corrected chi connectivity index (χ3v) is 6.51. The van der Waals surface area contributed by atoms with Crippen LogP contribution in [0.5, 0.6) is 0 Å². The van der Waals surface area contributed by atoms with Crippen molar-refractivity contribution in [2.75, 3.05) is 23.4 Å². The van der Waals surface area contributed by atoms with Gasteiger partial charge < -0.3 is 20.4 Å². The van der Waals surface area contributed by atoms with Gasteiger partial charge in [-0.05, 0) is 54.9 Å². The molecule has 176 valence electrons. The summed E-state index contributed by atoms with van der Waals surface area (Å²) in [5.41, 5.74) is 3.40. The first-order valence-electron chi connectivity index (χ1n) is 11.4. The molecule has 34 heavy (non-hydrogen) atoms. The summed E-state index contributed by atoms with van der Waals surface area (Å²) in [4.78, 5) is 42.5. The lowest BCUT2D eigenvalue weighted by Gasteiger charge is -2.27. The number of para-hydroxylation sites is 2. The van der Waals surface area contributed by atoms with Crippen LogP contribution in [0.2, 0.25) is 0 Å². The van der Waals surface area contributed by atoms with Crippen molar-refractivity contribution in [2.45, 2.75) is 39.4 Å². The molecule has 2 N–H and O–H groups in total. The number of likely N-dealkylation sites (N-methyl/N-ethyl adjacent to an activating group) is 1. The van der Waals surface area contributed by atoms with Crippen molar-refractivity contribution in [1.29, 1.82) is 0 Å². The number of nitrogens with zero attached hydrogens (tertiary/aromatic N) is 2. The van der Waals surface area contributed by atoms with E-state index in [1.54, 1.807) is 23.8 Å². The van der Waals surface area contributed by atoms with Crippen molar-refractivity contribution in [3.63, 3.8) is 0 Å². The smallest absolute Gasteiger partial charge is 0.251 e. The Kier molecular flexibility index (Phi) is 6.65. The molecule has 1 unspecified atom stereocenters. The Bertz CT molecular complexity index is 1260. The second-order valence-corrected chi connectivity index (χ2v) is 8.70. The van der Waals surface area contributed by atoms with Gasteiger partial charge in [-0.25, -0.2) is 0 Å². The Hall–Kier alpha value is -3.71. The number of aryl methyl sites for hydroxylation is 1. The van der Waals surface area contributed by atoms with E-state index < -0.39 is 12.1 Å². The molecule has 0 bridgehead atoms. The zero-order valence-electron chi connectivity index (χ0n) is 20.0. The number of anilines is 2. The number of rotatable bonds is 5. The Morgan fingerprint density at radius 2 is 1.71 bits per heavy atom. The van der Waals surface area contributed by atoms with Crippen LogP contribution in [0, 0.1) is 6.92 Å². The van der Waals surface area contributed by atoms with Crippen molar-refractivity contribution in [1.82, 2.24) is 10.6 Å². The first kappa shape index (κ1) is 23.4. The van der Waals surface area contributed by atoms with Gasteiger partial charge in [0.2, 0.25) is 11.8 Å². The molecule has 3 amide bonds. The minimum absolute atomic E-state index is 0.0678. The van der Waals surface area contributed by atoms with Crippen LogP contribution in [-0.2, 0) is 20.9 Å². The molecule has 0 aromatic heterocycles. The van der Waals surface area contributed by atoms with Gasteiger partial charge >= 0.3 is 0 Å². The molecular weight excluding hydrogens is 428 g/mol. The summed E-state index contributed by atoms with van der Waals surface area (Å²) in [6, 6.07) is 18.3. The number of benzene rings is 3. The van der Waals surface area contributed by atoms with Gasteiger partial charge in [-0.3, -0.25) is 14.4 Å². The summed E-state index contributed by atoms with van der Waals surface area (Å²) in [6.07, 6.45) is 0. The average Bonchev–Trinajstić information content (AvgIpc) is 2.95. The topological polar surface area (TPSA) is 81.8 Å². The predicted octanol–water partition coefficient (Wildman–Crippen LogP) is 3.14. The average molecular weight is 459 g/mol. The van der Waals surface area contributed by atoms with Crippen LogP contribution in [0.25, 0.3) is 10.8 Å². The zero-order chi connectivity index (χ0) is 24.4. The van der Waals surface area contributed by atoms with Gasteiger partial charge in [-0.2, -0.15) is 0 Å². The van der Waals surface area contributed by atoms with Crippen molar-refractivity contribution in [3.8, 4) is 0 Å². The van der Waals surface area contributed by atoms with Crippen LogP contribution in [0.15, 0.2) is 60.7 Å². The lowest BCUT2D eigenvalue weighted by molar-refractivity contribution is -0.128. The molecule has 0 saturated carbocycles. The number of hydrogen-bond donors (Lipinski definition) is 2. The summed E-state index contributed by atoms with van der Waals surface area (Å²) >= 11 is 0. The molecule has 3 aromatic rings. The first-order chi connectivity index (χ1) is 16.3. The minimum atomic E-state index is -0.880. The third kappa shape index (κ3) is 4.39. The third-order valence-electron chi connectivity index (χ3n) is 6.51. The van der Waals surface area contributed by atoms with E-state index in [4.69, 9.17) is 0 Å². The van der Waals surface area contributed by atoms with Crippen LogP contribution in [0.4, 0.5) is 11.4 Å². The number of nitrogens with one attached hydrogen (secondary N) is 2. The second-order valence-electron chi connectivity index (χ2n) is 8.70. The van der Waals surface area contributed by atoms with Crippen molar-refractivity contribution in [3.05, 3.63) is 71.8 Å². The van der Waals surface area contributed by atoms with E-state index in [-0.39, 0.29) is 24.3 Å². The fraction of sp³-hybridized carbons (Fsp3) is 0.296. The molecule has 7 heteroatoms. The van der Waals surface area contributed by atoms with Gasteiger partial charge in [-0.15, -0.1) is 0 Å². The van der Waals surface area contributed by atoms with Crippen LogP contribution in [0.1, 0.15) is 25.0 Å². The highest BCUT2D eigenvalue weighted by atomic mass is 16.2. The quantitative estimate of drug-likeness (QED) is 0.616. The summed E-state index contributed by atoms with van der Waals surface area (Å²) in [6.45, 7) is 5.62. The van der Waals surface area contributed by atoms with E-state index in [1.165, 1.54) is 6.92 Å². The van der Waals surface area contributed by atoms with Gasteiger partial charge in [0.25, 0.3) is 5.91 Å². The molecule has 0 radical (unpaired) electrons. The maximum Gasteiger partial charge on any atom is 0.251 e. The minimum Gasteiger partial charge on any atom is -0.341 e. The summed E-state index contributed by atoms with van der Waals surface area (Å²) < 4.78 is 0. The second kappa shape index (κ2) is 9.65. The Morgan fingerprint density at radius 3 is 2.41 bits per heavy atom. The van der Waals surface area contributed by atoms with Gasteiger partial charge in [0, 0.05) is 6.92 Å². The monoisotopic (exact) mass is 458 g/mol. The summed E-state index contributed by atoms with van der Waals surface area (Å²) in [7, 11) is 1.69. The molecule has 0 fully saturated rings. The standard InChI is InChI=1S/C27H30N4O3/c1-17-13-14-20-9-5-6-10-21(20)22(17)15-31-25-12-8-7-11-24(25)30(19(3)32)16-23(27(31)34)29-26(33)18(2)28-4/h5-14,18,23,28H,15-16H2,1-4H3,(H,29,33)/t18-,23?/m0/s1. The molecule has 3 aromatic carbocycles. The molecule has 7 nitrogen and oxygen atoms in total. The SMILES string of the molecule is CN[C@@H](C)C(=O)NC1CN(C(C)=O)c2ccccc2N(Cc2c(C)ccc3ccccc23)C1=O. The molecule has 1 heterocycles. The first-order valence-corrected chi connectivity index (χ1v) is 11.4. The van der Waals surface area contributed by atoms with Crippen LogP contribution in [0.3, 0.4) is 0 Å². The summed E-state index contributed by atoms with van der Waals surface area (Å²) in [5, 5.41) is 7.93.